The molecule has 9 nitrogen and oxygen atoms in total. The largest absolute Gasteiger partial charge is 0.353 e. The molecule has 9 heteroatoms. The Balaban J connectivity index is 1.44. The van der Waals surface area contributed by atoms with Crippen molar-refractivity contribution in [3.63, 3.8) is 0 Å². The first-order chi connectivity index (χ1) is 13.2. The minimum atomic E-state index is 0.734. The van der Waals surface area contributed by atoms with Crippen molar-refractivity contribution >= 4 is 24.0 Å². The monoisotopic (exact) mass is 368 g/mol. The van der Waals surface area contributed by atoms with Gasteiger partial charge in [-0.1, -0.05) is 0 Å². The number of hydrogen-bond donors (Lipinski definition) is 0. The minimum absolute atomic E-state index is 0.734. The van der Waals surface area contributed by atoms with E-state index in [1.165, 1.54) is 0 Å². The van der Waals surface area contributed by atoms with Crippen LogP contribution in [0.5, 0.6) is 0 Å². The van der Waals surface area contributed by atoms with Crippen LogP contribution in [0.15, 0.2) is 24.5 Å². The van der Waals surface area contributed by atoms with Crippen molar-refractivity contribution in [2.75, 3.05) is 67.1 Å². The van der Waals surface area contributed by atoms with Gasteiger partial charge in [-0.2, -0.15) is 0 Å². The van der Waals surface area contributed by atoms with Crippen molar-refractivity contribution in [2.24, 2.45) is 0 Å². The molecule has 2 fully saturated rings. The van der Waals surface area contributed by atoms with E-state index in [-0.39, 0.29) is 0 Å². The molecule has 0 atom stereocenters. The quantitative estimate of drug-likeness (QED) is 0.707. The summed E-state index contributed by atoms with van der Waals surface area (Å²) in [5.41, 5.74) is 0. The van der Waals surface area contributed by atoms with Gasteiger partial charge in [0, 0.05) is 70.8 Å². The highest BCUT2D eigenvalue weighted by molar-refractivity contribution is 5.54. The average Bonchev–Trinajstić information content (AvgIpc) is 2.74. The Labute approximate surface area is 158 Å². The average molecular weight is 368 g/mol. The molecule has 1 amide bonds. The molecular formula is C18H24N8O. The zero-order valence-corrected chi connectivity index (χ0v) is 15.5. The van der Waals surface area contributed by atoms with Crippen LogP contribution < -0.4 is 14.7 Å². The highest BCUT2D eigenvalue weighted by atomic mass is 16.1. The van der Waals surface area contributed by atoms with E-state index < -0.39 is 0 Å². The number of carbonyl (C=O) groups is 1. The summed E-state index contributed by atoms with van der Waals surface area (Å²) in [6.45, 7) is 8.46. The van der Waals surface area contributed by atoms with Crippen molar-refractivity contribution < 1.29 is 4.79 Å². The Morgan fingerprint density at radius 1 is 0.815 bits per heavy atom. The molecule has 142 valence electrons. The van der Waals surface area contributed by atoms with E-state index in [0.29, 0.717) is 0 Å². The summed E-state index contributed by atoms with van der Waals surface area (Å²) >= 11 is 0. The van der Waals surface area contributed by atoms with E-state index in [1.807, 2.05) is 13.0 Å². The van der Waals surface area contributed by atoms with E-state index in [1.54, 1.807) is 17.3 Å². The zero-order valence-electron chi connectivity index (χ0n) is 15.5. The maximum absolute atomic E-state index is 10.9. The van der Waals surface area contributed by atoms with Gasteiger partial charge in [-0.3, -0.25) is 4.79 Å². The molecule has 2 aromatic rings. The van der Waals surface area contributed by atoms with Crippen LogP contribution in [0.4, 0.5) is 17.6 Å². The summed E-state index contributed by atoms with van der Waals surface area (Å²) in [7, 11) is 0. The lowest BCUT2D eigenvalue weighted by atomic mass is 10.3. The minimum Gasteiger partial charge on any atom is -0.353 e. The molecule has 2 aliphatic rings. The second-order valence-corrected chi connectivity index (χ2v) is 6.78. The van der Waals surface area contributed by atoms with E-state index in [0.717, 1.165) is 82.2 Å². The highest BCUT2D eigenvalue weighted by Gasteiger charge is 2.22. The number of amides is 1. The number of piperazine rings is 2. The van der Waals surface area contributed by atoms with Crippen molar-refractivity contribution in [3.05, 3.63) is 30.4 Å². The van der Waals surface area contributed by atoms with Gasteiger partial charge in [-0.25, -0.2) is 19.9 Å². The summed E-state index contributed by atoms with van der Waals surface area (Å²) in [4.78, 5) is 37.4. The maximum atomic E-state index is 10.9. The topological polar surface area (TPSA) is 81.6 Å². The lowest BCUT2D eigenvalue weighted by Gasteiger charge is -2.36. The van der Waals surface area contributed by atoms with Gasteiger partial charge in [0.25, 0.3) is 0 Å². The zero-order chi connectivity index (χ0) is 18.6. The first-order valence-corrected chi connectivity index (χ1v) is 9.30. The summed E-state index contributed by atoms with van der Waals surface area (Å²) in [5, 5.41) is 0. The van der Waals surface area contributed by atoms with E-state index >= 15 is 0 Å². The molecule has 0 aliphatic carbocycles. The van der Waals surface area contributed by atoms with Crippen LogP contribution in [-0.2, 0) is 4.79 Å². The molecular weight excluding hydrogens is 344 g/mol. The Kier molecular flexibility index (Phi) is 4.99. The third-order valence-corrected chi connectivity index (χ3v) is 5.04. The van der Waals surface area contributed by atoms with Gasteiger partial charge in [0.1, 0.15) is 17.5 Å². The molecule has 0 radical (unpaired) electrons. The summed E-state index contributed by atoms with van der Waals surface area (Å²) in [6, 6.07) is 3.90. The highest BCUT2D eigenvalue weighted by Crippen LogP contribution is 2.22. The molecule has 4 rings (SSSR count). The molecule has 0 saturated carbocycles. The predicted octanol–water partition coefficient (Wildman–Crippen LogP) is 0.180. The Morgan fingerprint density at radius 2 is 1.33 bits per heavy atom. The molecule has 0 spiro atoms. The molecule has 0 aromatic carbocycles. The smallest absolute Gasteiger partial charge is 0.225 e. The lowest BCUT2D eigenvalue weighted by molar-refractivity contribution is -0.118. The number of carbonyl (C=O) groups excluding carboxylic acids is 1. The molecule has 0 N–H and O–H groups in total. The number of aromatic nitrogens is 4. The molecule has 0 unspecified atom stereocenters. The fourth-order valence-electron chi connectivity index (χ4n) is 3.51. The fraction of sp³-hybridized carbons (Fsp3) is 0.500. The van der Waals surface area contributed by atoms with Gasteiger partial charge in [-0.15, -0.1) is 0 Å². The van der Waals surface area contributed by atoms with E-state index in [4.69, 9.17) is 0 Å². The molecule has 2 aromatic heterocycles. The van der Waals surface area contributed by atoms with Crippen LogP contribution in [0, 0.1) is 6.92 Å². The predicted molar refractivity (Wildman–Crippen MR) is 103 cm³/mol. The van der Waals surface area contributed by atoms with Gasteiger partial charge >= 0.3 is 0 Å². The second-order valence-electron chi connectivity index (χ2n) is 6.78. The van der Waals surface area contributed by atoms with Crippen LogP contribution in [0.2, 0.25) is 0 Å². The SMILES string of the molecule is Cc1nc(N2CCN(C=O)CC2)cc(N2CCN(c3ncccn3)CC2)n1. The van der Waals surface area contributed by atoms with Crippen LogP contribution in [0.25, 0.3) is 0 Å². The van der Waals surface area contributed by atoms with Gasteiger partial charge in [-0.05, 0) is 13.0 Å². The molecule has 27 heavy (non-hydrogen) atoms. The Bertz CT molecular complexity index is 770. The summed E-state index contributed by atoms with van der Waals surface area (Å²) in [5.74, 6) is 3.46. The summed E-state index contributed by atoms with van der Waals surface area (Å²) in [6.07, 6.45) is 4.47. The molecule has 4 heterocycles. The van der Waals surface area contributed by atoms with Gasteiger partial charge < -0.3 is 19.6 Å². The van der Waals surface area contributed by atoms with Gasteiger partial charge in [0.15, 0.2) is 0 Å². The normalized spacial score (nSPS) is 18.0. The number of aryl methyl sites for hydroxylation is 1. The van der Waals surface area contributed by atoms with Gasteiger partial charge in [0.05, 0.1) is 0 Å². The lowest BCUT2D eigenvalue weighted by Crippen LogP contribution is -2.48. The number of rotatable bonds is 4. The van der Waals surface area contributed by atoms with Gasteiger partial charge in [0.2, 0.25) is 12.4 Å². The number of anilines is 3. The number of hydrogen-bond acceptors (Lipinski definition) is 8. The Morgan fingerprint density at radius 3 is 1.89 bits per heavy atom. The van der Waals surface area contributed by atoms with Crippen molar-refractivity contribution in [1.29, 1.82) is 0 Å². The Hall–Kier alpha value is -2.97. The number of nitrogens with zero attached hydrogens (tertiary/aromatic N) is 8. The first-order valence-electron chi connectivity index (χ1n) is 9.30. The van der Waals surface area contributed by atoms with Crippen molar-refractivity contribution in [1.82, 2.24) is 24.8 Å². The van der Waals surface area contributed by atoms with Crippen LogP contribution in [0.1, 0.15) is 5.82 Å². The maximum Gasteiger partial charge on any atom is 0.225 e. The third-order valence-electron chi connectivity index (χ3n) is 5.04. The third kappa shape index (κ3) is 3.91. The van der Waals surface area contributed by atoms with Crippen molar-refractivity contribution in [2.45, 2.75) is 6.92 Å². The van der Waals surface area contributed by atoms with E-state index in [9.17, 15) is 4.79 Å². The second kappa shape index (κ2) is 7.73. The summed E-state index contributed by atoms with van der Waals surface area (Å²) < 4.78 is 0. The first kappa shape index (κ1) is 17.4. The molecule has 2 aliphatic heterocycles. The van der Waals surface area contributed by atoms with Crippen LogP contribution in [0.3, 0.4) is 0 Å². The van der Waals surface area contributed by atoms with E-state index in [2.05, 4.69) is 40.7 Å². The standard InChI is InChI=1S/C18H24N8O/c1-15-21-16(24-7-5-23(14-27)6-8-24)13-17(22-15)25-9-11-26(12-10-25)18-19-3-2-4-20-18/h2-4,13-14H,5-12H2,1H3. The van der Waals surface area contributed by atoms with Crippen LogP contribution in [-0.4, -0.2) is 83.6 Å². The van der Waals surface area contributed by atoms with Crippen molar-refractivity contribution in [3.8, 4) is 0 Å². The van der Waals surface area contributed by atoms with Crippen LogP contribution >= 0.6 is 0 Å². The fourth-order valence-corrected chi connectivity index (χ4v) is 3.51. The molecule has 0 bridgehead atoms. The molecule has 2 saturated heterocycles.